The summed E-state index contributed by atoms with van der Waals surface area (Å²) in [4.78, 5) is 20.7. The quantitative estimate of drug-likeness (QED) is 0.531. The first kappa shape index (κ1) is 18.1. The molecule has 0 aliphatic heterocycles. The molecule has 1 atom stereocenters. The molecule has 0 fully saturated rings. The fourth-order valence-electron chi connectivity index (χ4n) is 2.10. The number of hydrogen-bond donors (Lipinski definition) is 1. The molecule has 1 heterocycles. The molecular formula is C18H14Cl2N4O2. The first-order valence-electron chi connectivity index (χ1n) is 7.69. The number of hydrogen-bond acceptors (Lipinski definition) is 5. The van der Waals surface area contributed by atoms with E-state index >= 15 is 0 Å². The van der Waals surface area contributed by atoms with Crippen LogP contribution in [0.1, 0.15) is 12.6 Å². The summed E-state index contributed by atoms with van der Waals surface area (Å²) in [5, 5.41) is 4.70. The van der Waals surface area contributed by atoms with Gasteiger partial charge in [-0.1, -0.05) is 35.3 Å². The molecule has 1 unspecified atom stereocenters. The summed E-state index contributed by atoms with van der Waals surface area (Å²) < 4.78 is 5.52. The van der Waals surface area contributed by atoms with Crippen molar-refractivity contribution in [3.63, 3.8) is 0 Å². The Labute approximate surface area is 159 Å². The van der Waals surface area contributed by atoms with E-state index in [2.05, 4.69) is 20.5 Å². The Kier molecular flexibility index (Phi) is 5.65. The molecule has 1 aromatic heterocycles. The number of nitrogens with zero attached hydrogens (tertiary/aromatic N) is 3. The van der Waals surface area contributed by atoms with Crippen LogP contribution in [0.3, 0.4) is 0 Å². The molecule has 6 nitrogen and oxygen atoms in total. The van der Waals surface area contributed by atoms with Crippen LogP contribution in [0.2, 0.25) is 10.0 Å². The highest BCUT2D eigenvalue weighted by atomic mass is 35.5. The third kappa shape index (κ3) is 4.47. The molecule has 3 rings (SSSR count). The van der Waals surface area contributed by atoms with Gasteiger partial charge in [0.15, 0.2) is 6.10 Å². The van der Waals surface area contributed by atoms with Gasteiger partial charge in [-0.3, -0.25) is 9.78 Å². The predicted octanol–water partition coefficient (Wildman–Crippen LogP) is 3.85. The zero-order valence-electron chi connectivity index (χ0n) is 13.7. The fraction of sp³-hybridized carbons (Fsp3) is 0.111. The van der Waals surface area contributed by atoms with Crippen LogP contribution in [-0.4, -0.2) is 28.2 Å². The second-order valence-electron chi connectivity index (χ2n) is 5.35. The maximum atomic E-state index is 12.1. The number of amides is 1. The third-order valence-corrected chi connectivity index (χ3v) is 3.94. The molecule has 0 bridgehead atoms. The van der Waals surface area contributed by atoms with Crippen LogP contribution < -0.4 is 10.2 Å². The lowest BCUT2D eigenvalue weighted by Crippen LogP contribution is -2.33. The molecule has 0 aliphatic carbocycles. The standard InChI is InChI=1S/C18H14Cl2N4O2/c1-11(26-17-7-6-12(19)8-14(17)20)18(25)24-22-10-13-9-21-15-4-2-3-5-16(15)23-13/h2-11H,1H3,(H,24,25). The molecular weight excluding hydrogens is 375 g/mol. The van der Waals surface area contributed by atoms with E-state index in [-0.39, 0.29) is 0 Å². The summed E-state index contributed by atoms with van der Waals surface area (Å²) in [6.07, 6.45) is 2.19. The molecule has 132 valence electrons. The maximum absolute atomic E-state index is 12.1. The molecule has 2 aromatic carbocycles. The maximum Gasteiger partial charge on any atom is 0.280 e. The van der Waals surface area contributed by atoms with E-state index in [4.69, 9.17) is 27.9 Å². The average molecular weight is 389 g/mol. The zero-order valence-corrected chi connectivity index (χ0v) is 15.2. The Balaban J connectivity index is 1.60. The molecule has 0 radical (unpaired) electrons. The minimum Gasteiger partial charge on any atom is -0.479 e. The van der Waals surface area contributed by atoms with Crippen LogP contribution in [0.5, 0.6) is 5.75 Å². The lowest BCUT2D eigenvalue weighted by Gasteiger charge is -2.14. The number of carbonyl (C=O) groups excluding carboxylic acids is 1. The Morgan fingerprint density at radius 2 is 2.00 bits per heavy atom. The van der Waals surface area contributed by atoms with Crippen molar-refractivity contribution in [1.29, 1.82) is 0 Å². The van der Waals surface area contributed by atoms with Crippen molar-refractivity contribution in [3.8, 4) is 5.75 Å². The number of hydrazone groups is 1. The van der Waals surface area contributed by atoms with E-state index in [0.717, 1.165) is 11.0 Å². The van der Waals surface area contributed by atoms with E-state index in [1.54, 1.807) is 31.3 Å². The van der Waals surface area contributed by atoms with Gasteiger partial charge in [0.2, 0.25) is 0 Å². The smallest absolute Gasteiger partial charge is 0.280 e. The molecule has 0 saturated heterocycles. The molecule has 0 saturated carbocycles. The lowest BCUT2D eigenvalue weighted by molar-refractivity contribution is -0.127. The number of aromatic nitrogens is 2. The second-order valence-corrected chi connectivity index (χ2v) is 6.20. The van der Waals surface area contributed by atoms with Crippen LogP contribution in [0.4, 0.5) is 0 Å². The highest BCUT2D eigenvalue weighted by molar-refractivity contribution is 6.35. The van der Waals surface area contributed by atoms with Crippen LogP contribution in [0.25, 0.3) is 11.0 Å². The Morgan fingerprint density at radius 3 is 2.77 bits per heavy atom. The molecule has 8 heteroatoms. The summed E-state index contributed by atoms with van der Waals surface area (Å²) in [6.45, 7) is 1.59. The SMILES string of the molecule is CC(Oc1ccc(Cl)cc1Cl)C(=O)NN=Cc1cnc2ccccc2n1. The van der Waals surface area contributed by atoms with Crippen LogP contribution >= 0.6 is 23.2 Å². The van der Waals surface area contributed by atoms with E-state index in [0.29, 0.717) is 21.5 Å². The zero-order chi connectivity index (χ0) is 18.5. The van der Waals surface area contributed by atoms with E-state index < -0.39 is 12.0 Å². The third-order valence-electron chi connectivity index (χ3n) is 3.41. The van der Waals surface area contributed by atoms with Crippen LogP contribution in [-0.2, 0) is 4.79 Å². The number of halogens is 2. The van der Waals surface area contributed by atoms with Crippen molar-refractivity contribution in [3.05, 3.63) is 64.4 Å². The minimum atomic E-state index is -0.798. The number of fused-ring (bicyclic) bond motifs is 1. The average Bonchev–Trinajstić information content (AvgIpc) is 2.63. The van der Waals surface area contributed by atoms with Gasteiger partial charge in [0.05, 0.1) is 28.5 Å². The molecule has 1 amide bonds. The highest BCUT2D eigenvalue weighted by Crippen LogP contribution is 2.28. The number of para-hydroxylation sites is 2. The first-order valence-corrected chi connectivity index (χ1v) is 8.45. The van der Waals surface area contributed by atoms with Crippen LogP contribution in [0, 0.1) is 0 Å². The topological polar surface area (TPSA) is 76.5 Å². The highest BCUT2D eigenvalue weighted by Gasteiger charge is 2.15. The Bertz CT molecular complexity index is 978. The second kappa shape index (κ2) is 8.12. The van der Waals surface area contributed by atoms with Gasteiger partial charge in [-0.15, -0.1) is 0 Å². The van der Waals surface area contributed by atoms with E-state index in [9.17, 15) is 4.79 Å². The van der Waals surface area contributed by atoms with Gasteiger partial charge in [-0.05, 0) is 37.3 Å². The molecule has 0 spiro atoms. The summed E-state index contributed by atoms with van der Waals surface area (Å²) in [7, 11) is 0. The molecule has 0 aliphatic rings. The van der Waals surface area contributed by atoms with Gasteiger partial charge in [-0.2, -0.15) is 5.10 Å². The van der Waals surface area contributed by atoms with Gasteiger partial charge < -0.3 is 4.74 Å². The minimum absolute atomic E-state index is 0.326. The largest absolute Gasteiger partial charge is 0.479 e. The number of carbonyl (C=O) groups is 1. The lowest BCUT2D eigenvalue weighted by atomic mass is 10.3. The summed E-state index contributed by atoms with van der Waals surface area (Å²) >= 11 is 11.9. The molecule has 26 heavy (non-hydrogen) atoms. The van der Waals surface area contributed by atoms with Crippen LogP contribution in [0.15, 0.2) is 53.8 Å². The van der Waals surface area contributed by atoms with Gasteiger partial charge in [-0.25, -0.2) is 10.4 Å². The van der Waals surface area contributed by atoms with Crippen molar-refractivity contribution < 1.29 is 9.53 Å². The number of nitrogens with one attached hydrogen (secondary N) is 1. The van der Waals surface area contributed by atoms with Crippen molar-refractivity contribution in [1.82, 2.24) is 15.4 Å². The number of benzene rings is 2. The van der Waals surface area contributed by atoms with Crippen molar-refractivity contribution in [2.75, 3.05) is 0 Å². The van der Waals surface area contributed by atoms with Gasteiger partial charge in [0.1, 0.15) is 11.4 Å². The monoisotopic (exact) mass is 388 g/mol. The Hall–Kier alpha value is -2.70. The molecule has 3 aromatic rings. The summed E-state index contributed by atoms with van der Waals surface area (Å²) in [5.41, 5.74) is 4.46. The van der Waals surface area contributed by atoms with E-state index in [1.807, 2.05) is 24.3 Å². The van der Waals surface area contributed by atoms with Crippen molar-refractivity contribution in [2.24, 2.45) is 5.10 Å². The van der Waals surface area contributed by atoms with Gasteiger partial charge >= 0.3 is 0 Å². The fourth-order valence-corrected chi connectivity index (χ4v) is 2.55. The van der Waals surface area contributed by atoms with E-state index in [1.165, 1.54) is 6.21 Å². The van der Waals surface area contributed by atoms with Gasteiger partial charge in [0, 0.05) is 5.02 Å². The number of rotatable bonds is 5. The summed E-state index contributed by atoms with van der Waals surface area (Å²) in [5.74, 6) is -0.0656. The first-order chi connectivity index (χ1) is 12.5. The van der Waals surface area contributed by atoms with Crippen molar-refractivity contribution >= 4 is 46.4 Å². The Morgan fingerprint density at radius 1 is 1.23 bits per heavy atom. The normalized spacial score (nSPS) is 12.3. The predicted molar refractivity (Wildman–Crippen MR) is 102 cm³/mol. The molecule has 1 N–H and O–H groups in total. The summed E-state index contributed by atoms with van der Waals surface area (Å²) in [6, 6.07) is 12.3. The van der Waals surface area contributed by atoms with Gasteiger partial charge in [0.25, 0.3) is 5.91 Å². The number of ether oxygens (including phenoxy) is 1. The van der Waals surface area contributed by atoms with Crippen molar-refractivity contribution in [2.45, 2.75) is 13.0 Å².